The molecule has 1 amide bonds. The third-order valence-electron chi connectivity index (χ3n) is 2.43. The van der Waals surface area contributed by atoms with Gasteiger partial charge in [-0.2, -0.15) is 0 Å². The topological polar surface area (TPSA) is 64.6 Å². The van der Waals surface area contributed by atoms with Crippen LogP contribution in [-0.4, -0.2) is 24.8 Å². The van der Waals surface area contributed by atoms with Crippen LogP contribution >= 0.6 is 0 Å². The Bertz CT molecular complexity index is 512. The zero-order valence-electron chi connectivity index (χ0n) is 12.8. The Hall–Kier alpha value is -2.30. The standard InChI is InChI=1S/C16H21NO4/c1-16(2,3)21-15(19)17-11-13-7-5-12(6-8-13)9-10-14(18)20-4/h5-10H,11H2,1-4H3,(H,17,19)/b10-9+. The number of carbonyl (C=O) groups excluding carboxylic acids is 2. The van der Waals surface area contributed by atoms with Gasteiger partial charge in [0.05, 0.1) is 7.11 Å². The van der Waals surface area contributed by atoms with E-state index in [-0.39, 0.29) is 0 Å². The van der Waals surface area contributed by atoms with Crippen molar-refractivity contribution in [3.8, 4) is 0 Å². The second-order valence-electron chi connectivity index (χ2n) is 5.45. The number of hydrogen-bond acceptors (Lipinski definition) is 4. The van der Waals surface area contributed by atoms with Crippen LogP contribution in [0.2, 0.25) is 0 Å². The summed E-state index contributed by atoms with van der Waals surface area (Å²) in [6, 6.07) is 7.44. The highest BCUT2D eigenvalue weighted by molar-refractivity contribution is 5.86. The summed E-state index contributed by atoms with van der Waals surface area (Å²) in [5.74, 6) is -0.398. The Kier molecular flexibility index (Phi) is 5.96. The van der Waals surface area contributed by atoms with Crippen molar-refractivity contribution in [2.45, 2.75) is 32.9 Å². The average Bonchev–Trinajstić information content (AvgIpc) is 2.41. The molecule has 0 fully saturated rings. The quantitative estimate of drug-likeness (QED) is 0.684. The van der Waals surface area contributed by atoms with Crippen LogP contribution in [-0.2, 0) is 20.8 Å². The van der Waals surface area contributed by atoms with Crippen LogP contribution in [0, 0.1) is 0 Å². The molecule has 0 saturated heterocycles. The molecule has 1 N–H and O–H groups in total. The third-order valence-corrected chi connectivity index (χ3v) is 2.43. The molecule has 21 heavy (non-hydrogen) atoms. The number of ether oxygens (including phenoxy) is 2. The molecule has 5 heteroatoms. The van der Waals surface area contributed by atoms with Crippen LogP contribution < -0.4 is 5.32 Å². The highest BCUT2D eigenvalue weighted by Crippen LogP contribution is 2.08. The average molecular weight is 291 g/mol. The van der Waals surface area contributed by atoms with Crippen molar-refractivity contribution in [2.75, 3.05) is 7.11 Å². The molecule has 0 heterocycles. The molecule has 1 rings (SSSR count). The Morgan fingerprint density at radius 3 is 2.33 bits per heavy atom. The van der Waals surface area contributed by atoms with Gasteiger partial charge in [0.2, 0.25) is 0 Å². The van der Waals surface area contributed by atoms with Crippen LogP contribution in [0.3, 0.4) is 0 Å². The minimum absolute atomic E-state index is 0.385. The number of carbonyl (C=O) groups is 2. The zero-order valence-corrected chi connectivity index (χ0v) is 12.8. The van der Waals surface area contributed by atoms with Crippen molar-refractivity contribution < 1.29 is 19.1 Å². The molecule has 0 aromatic heterocycles. The van der Waals surface area contributed by atoms with E-state index in [1.165, 1.54) is 13.2 Å². The first-order valence-electron chi connectivity index (χ1n) is 6.62. The summed E-state index contributed by atoms with van der Waals surface area (Å²) in [6.45, 7) is 5.83. The largest absolute Gasteiger partial charge is 0.466 e. The normalized spacial score (nSPS) is 11.2. The van der Waals surface area contributed by atoms with E-state index in [2.05, 4.69) is 10.1 Å². The Balaban J connectivity index is 2.50. The summed E-state index contributed by atoms with van der Waals surface area (Å²) in [5, 5.41) is 2.68. The van der Waals surface area contributed by atoms with Gasteiger partial charge in [-0.3, -0.25) is 0 Å². The molecule has 0 saturated carbocycles. The maximum Gasteiger partial charge on any atom is 0.407 e. The fourth-order valence-corrected chi connectivity index (χ4v) is 1.47. The van der Waals surface area contributed by atoms with E-state index < -0.39 is 17.7 Å². The molecular formula is C16H21NO4. The van der Waals surface area contributed by atoms with Crippen molar-refractivity contribution in [3.05, 3.63) is 41.5 Å². The molecule has 0 aliphatic carbocycles. The number of methoxy groups -OCH3 is 1. The Morgan fingerprint density at radius 1 is 1.19 bits per heavy atom. The number of amides is 1. The third kappa shape index (κ3) is 7.15. The first-order chi connectivity index (χ1) is 9.80. The van der Waals surface area contributed by atoms with Gasteiger partial charge < -0.3 is 14.8 Å². The van der Waals surface area contributed by atoms with E-state index in [1.54, 1.807) is 6.08 Å². The maximum absolute atomic E-state index is 11.5. The van der Waals surface area contributed by atoms with Crippen LogP contribution in [0.5, 0.6) is 0 Å². The van der Waals surface area contributed by atoms with Gasteiger partial charge in [-0.1, -0.05) is 24.3 Å². The lowest BCUT2D eigenvalue weighted by molar-refractivity contribution is -0.134. The van der Waals surface area contributed by atoms with Gasteiger partial charge in [0, 0.05) is 12.6 Å². The van der Waals surface area contributed by atoms with E-state index in [1.807, 2.05) is 45.0 Å². The molecule has 0 spiro atoms. The Morgan fingerprint density at radius 2 is 1.81 bits per heavy atom. The summed E-state index contributed by atoms with van der Waals surface area (Å²) in [6.07, 6.45) is 2.57. The molecule has 114 valence electrons. The van der Waals surface area contributed by atoms with Gasteiger partial charge in [-0.05, 0) is 38.0 Å². The summed E-state index contributed by atoms with van der Waals surface area (Å²) in [7, 11) is 1.33. The van der Waals surface area contributed by atoms with E-state index in [9.17, 15) is 9.59 Å². The van der Waals surface area contributed by atoms with Gasteiger partial charge in [0.25, 0.3) is 0 Å². The first kappa shape index (κ1) is 16.8. The van der Waals surface area contributed by atoms with E-state index in [4.69, 9.17) is 4.74 Å². The van der Waals surface area contributed by atoms with Crippen molar-refractivity contribution in [1.29, 1.82) is 0 Å². The smallest absolute Gasteiger partial charge is 0.407 e. The van der Waals surface area contributed by atoms with Gasteiger partial charge in [-0.25, -0.2) is 9.59 Å². The predicted molar refractivity (Wildman–Crippen MR) is 80.6 cm³/mol. The minimum Gasteiger partial charge on any atom is -0.466 e. The summed E-state index contributed by atoms with van der Waals surface area (Å²) < 4.78 is 9.66. The fraction of sp³-hybridized carbons (Fsp3) is 0.375. The number of hydrogen-bond donors (Lipinski definition) is 1. The maximum atomic E-state index is 11.5. The molecule has 5 nitrogen and oxygen atoms in total. The summed E-state index contributed by atoms with van der Waals surface area (Å²) in [5.41, 5.74) is 1.31. The second-order valence-corrected chi connectivity index (χ2v) is 5.45. The lowest BCUT2D eigenvalue weighted by Crippen LogP contribution is -2.32. The number of rotatable bonds is 4. The number of esters is 1. The predicted octanol–water partition coefficient (Wildman–Crippen LogP) is 2.90. The summed E-state index contributed by atoms with van der Waals surface area (Å²) >= 11 is 0. The zero-order chi connectivity index (χ0) is 15.9. The van der Waals surface area contributed by atoms with E-state index in [0.717, 1.165) is 11.1 Å². The van der Waals surface area contributed by atoms with Crippen molar-refractivity contribution >= 4 is 18.1 Å². The molecule has 0 atom stereocenters. The number of benzene rings is 1. The molecular weight excluding hydrogens is 270 g/mol. The molecule has 1 aromatic carbocycles. The summed E-state index contributed by atoms with van der Waals surface area (Å²) in [4.78, 5) is 22.5. The van der Waals surface area contributed by atoms with E-state index in [0.29, 0.717) is 6.54 Å². The molecule has 0 aliphatic heterocycles. The van der Waals surface area contributed by atoms with Crippen LogP contribution in [0.15, 0.2) is 30.3 Å². The van der Waals surface area contributed by atoms with Crippen LogP contribution in [0.25, 0.3) is 6.08 Å². The molecule has 0 radical (unpaired) electrons. The number of nitrogens with one attached hydrogen (secondary N) is 1. The fourth-order valence-electron chi connectivity index (χ4n) is 1.47. The van der Waals surface area contributed by atoms with Crippen molar-refractivity contribution in [3.63, 3.8) is 0 Å². The van der Waals surface area contributed by atoms with Crippen molar-refractivity contribution in [1.82, 2.24) is 5.32 Å². The Labute approximate surface area is 124 Å². The number of alkyl carbamates (subject to hydrolysis) is 1. The first-order valence-corrected chi connectivity index (χ1v) is 6.62. The highest BCUT2D eigenvalue weighted by Gasteiger charge is 2.15. The van der Waals surface area contributed by atoms with Gasteiger partial charge in [0.1, 0.15) is 5.60 Å². The molecule has 0 unspecified atom stereocenters. The molecule has 1 aromatic rings. The van der Waals surface area contributed by atoms with Crippen LogP contribution in [0.4, 0.5) is 4.79 Å². The molecule has 0 aliphatic rings. The van der Waals surface area contributed by atoms with E-state index >= 15 is 0 Å². The lowest BCUT2D eigenvalue weighted by Gasteiger charge is -2.19. The van der Waals surface area contributed by atoms with Crippen molar-refractivity contribution in [2.24, 2.45) is 0 Å². The van der Waals surface area contributed by atoms with Gasteiger partial charge in [0.15, 0.2) is 0 Å². The van der Waals surface area contributed by atoms with Gasteiger partial charge >= 0.3 is 12.1 Å². The highest BCUT2D eigenvalue weighted by atomic mass is 16.6. The SMILES string of the molecule is COC(=O)/C=C/c1ccc(CNC(=O)OC(C)(C)C)cc1. The van der Waals surface area contributed by atoms with Crippen LogP contribution in [0.1, 0.15) is 31.9 Å². The van der Waals surface area contributed by atoms with Gasteiger partial charge in [-0.15, -0.1) is 0 Å². The second kappa shape index (κ2) is 7.47. The molecule has 0 bridgehead atoms. The lowest BCUT2D eigenvalue weighted by atomic mass is 10.1. The monoisotopic (exact) mass is 291 g/mol. The minimum atomic E-state index is -0.507.